The van der Waals surface area contributed by atoms with Gasteiger partial charge in [0.25, 0.3) is 5.91 Å². The Morgan fingerprint density at radius 1 is 1.19 bits per heavy atom. The average molecular weight is 370 g/mol. The Morgan fingerprint density at radius 3 is 2.70 bits per heavy atom. The van der Waals surface area contributed by atoms with E-state index in [0.29, 0.717) is 24.7 Å². The van der Waals surface area contributed by atoms with Gasteiger partial charge in [-0.15, -0.1) is 10.2 Å². The van der Waals surface area contributed by atoms with Crippen LogP contribution in [0.4, 0.5) is 4.79 Å². The number of urea groups is 1. The Kier molecular flexibility index (Phi) is 4.72. The van der Waals surface area contributed by atoms with E-state index in [1.54, 1.807) is 6.07 Å². The number of nitrogens with one attached hydrogen (secondary N) is 2. The van der Waals surface area contributed by atoms with Crippen LogP contribution >= 0.6 is 0 Å². The zero-order valence-corrected chi connectivity index (χ0v) is 15.8. The fourth-order valence-electron chi connectivity index (χ4n) is 3.64. The summed E-state index contributed by atoms with van der Waals surface area (Å²) in [5.41, 5.74) is 1.33. The molecule has 0 radical (unpaired) electrons. The topological polar surface area (TPSA) is 91.6 Å². The normalized spacial score (nSPS) is 20.1. The van der Waals surface area contributed by atoms with Gasteiger partial charge in [-0.3, -0.25) is 9.20 Å². The van der Waals surface area contributed by atoms with E-state index < -0.39 is 0 Å². The molecule has 144 valence electrons. The fraction of sp³-hybridized carbons (Fsp3) is 0.579. The molecule has 27 heavy (non-hydrogen) atoms. The summed E-state index contributed by atoms with van der Waals surface area (Å²) >= 11 is 0. The lowest BCUT2D eigenvalue weighted by molar-refractivity contribution is 0.0916. The maximum atomic E-state index is 12.5. The molecular formula is C19H26N6O2. The number of nitrogens with zero attached hydrogens (tertiary/aromatic N) is 4. The third-order valence-electron chi connectivity index (χ3n) is 5.38. The highest BCUT2D eigenvalue weighted by atomic mass is 16.2. The van der Waals surface area contributed by atoms with Crippen molar-refractivity contribution in [3.05, 3.63) is 29.7 Å². The van der Waals surface area contributed by atoms with E-state index in [2.05, 4.69) is 20.8 Å². The molecule has 0 spiro atoms. The van der Waals surface area contributed by atoms with E-state index in [1.165, 1.54) is 6.42 Å². The number of fused-ring (bicyclic) bond motifs is 1. The summed E-state index contributed by atoms with van der Waals surface area (Å²) < 4.78 is 1.89. The number of likely N-dealkylation sites (tertiary alicyclic amines) is 1. The molecule has 2 N–H and O–H groups in total. The van der Waals surface area contributed by atoms with Crippen LogP contribution in [0.2, 0.25) is 0 Å². The van der Waals surface area contributed by atoms with Crippen molar-refractivity contribution in [1.82, 2.24) is 30.1 Å². The molecule has 2 fully saturated rings. The number of aromatic nitrogens is 3. The summed E-state index contributed by atoms with van der Waals surface area (Å²) in [7, 11) is 0. The SMILES string of the molecule is CC(C)NC(=O)N1CC[C@H](c2nnc3ccc(C(=O)NC4CCC4)cn23)C1. The molecule has 2 aromatic rings. The van der Waals surface area contributed by atoms with E-state index in [9.17, 15) is 9.59 Å². The molecule has 1 aliphatic heterocycles. The first-order valence-electron chi connectivity index (χ1n) is 9.72. The predicted molar refractivity (Wildman–Crippen MR) is 101 cm³/mol. The van der Waals surface area contributed by atoms with Gasteiger partial charge in [-0.2, -0.15) is 0 Å². The van der Waals surface area contributed by atoms with Crippen LogP contribution in [0, 0.1) is 0 Å². The summed E-state index contributed by atoms with van der Waals surface area (Å²) in [6.45, 7) is 5.21. The fourth-order valence-corrected chi connectivity index (χ4v) is 3.64. The Balaban J connectivity index is 1.51. The number of amides is 3. The van der Waals surface area contributed by atoms with E-state index in [0.717, 1.165) is 30.7 Å². The van der Waals surface area contributed by atoms with Gasteiger partial charge in [0, 0.05) is 37.3 Å². The maximum Gasteiger partial charge on any atom is 0.317 e. The molecular weight excluding hydrogens is 344 g/mol. The van der Waals surface area contributed by atoms with Crippen LogP contribution in [-0.2, 0) is 0 Å². The summed E-state index contributed by atoms with van der Waals surface area (Å²) in [5.74, 6) is 0.872. The number of hydrogen-bond donors (Lipinski definition) is 2. The molecule has 1 saturated carbocycles. The smallest absolute Gasteiger partial charge is 0.317 e. The summed E-state index contributed by atoms with van der Waals surface area (Å²) in [6, 6.07) is 3.99. The zero-order chi connectivity index (χ0) is 19.0. The number of carbonyl (C=O) groups is 2. The molecule has 3 amide bonds. The van der Waals surface area contributed by atoms with Crippen LogP contribution in [0.15, 0.2) is 18.3 Å². The van der Waals surface area contributed by atoms with Crippen LogP contribution < -0.4 is 10.6 Å². The van der Waals surface area contributed by atoms with Crippen molar-refractivity contribution in [3.63, 3.8) is 0 Å². The van der Waals surface area contributed by atoms with Crippen LogP contribution in [0.5, 0.6) is 0 Å². The van der Waals surface area contributed by atoms with Gasteiger partial charge in [0.15, 0.2) is 5.65 Å². The first-order valence-corrected chi connectivity index (χ1v) is 9.72. The van der Waals surface area contributed by atoms with Crippen LogP contribution in [0.1, 0.15) is 61.6 Å². The van der Waals surface area contributed by atoms with Gasteiger partial charge in [0.05, 0.1) is 5.56 Å². The second kappa shape index (κ2) is 7.17. The van der Waals surface area contributed by atoms with E-state index in [1.807, 2.05) is 35.4 Å². The molecule has 3 heterocycles. The van der Waals surface area contributed by atoms with Crippen molar-refractivity contribution in [2.24, 2.45) is 0 Å². The van der Waals surface area contributed by atoms with Crippen molar-refractivity contribution in [3.8, 4) is 0 Å². The minimum absolute atomic E-state index is 0.0399. The third kappa shape index (κ3) is 3.61. The van der Waals surface area contributed by atoms with Gasteiger partial charge in [0.1, 0.15) is 5.82 Å². The molecule has 4 rings (SSSR count). The Bertz CT molecular complexity index is 857. The van der Waals surface area contributed by atoms with Gasteiger partial charge in [0.2, 0.25) is 0 Å². The van der Waals surface area contributed by atoms with Gasteiger partial charge in [-0.05, 0) is 51.7 Å². The first-order chi connectivity index (χ1) is 13.0. The monoisotopic (exact) mass is 370 g/mol. The van der Waals surface area contributed by atoms with E-state index >= 15 is 0 Å². The van der Waals surface area contributed by atoms with E-state index in [-0.39, 0.29) is 23.9 Å². The summed E-state index contributed by atoms with van der Waals surface area (Å²) in [5, 5.41) is 14.6. The largest absolute Gasteiger partial charge is 0.349 e. The Hall–Kier alpha value is -2.64. The molecule has 8 nitrogen and oxygen atoms in total. The number of carbonyl (C=O) groups excluding carboxylic acids is 2. The third-order valence-corrected chi connectivity index (χ3v) is 5.38. The Morgan fingerprint density at radius 2 is 2.00 bits per heavy atom. The summed E-state index contributed by atoms with van der Waals surface area (Å²) in [4.78, 5) is 26.5. The highest BCUT2D eigenvalue weighted by Crippen LogP contribution is 2.26. The Labute approximate surface area is 158 Å². The minimum Gasteiger partial charge on any atom is -0.349 e. The molecule has 2 aromatic heterocycles. The number of pyridine rings is 1. The van der Waals surface area contributed by atoms with Crippen LogP contribution in [0.3, 0.4) is 0 Å². The van der Waals surface area contributed by atoms with Crippen molar-refractivity contribution in [1.29, 1.82) is 0 Å². The average Bonchev–Trinajstić information content (AvgIpc) is 3.23. The number of hydrogen-bond acceptors (Lipinski definition) is 4. The second-order valence-corrected chi connectivity index (χ2v) is 7.84. The van der Waals surface area contributed by atoms with Crippen LogP contribution in [0.25, 0.3) is 5.65 Å². The molecule has 1 saturated heterocycles. The van der Waals surface area contributed by atoms with Crippen molar-refractivity contribution in [2.45, 2.75) is 57.5 Å². The van der Waals surface area contributed by atoms with Gasteiger partial charge < -0.3 is 15.5 Å². The molecule has 8 heteroatoms. The van der Waals surface area contributed by atoms with Crippen LogP contribution in [-0.4, -0.2) is 56.6 Å². The maximum absolute atomic E-state index is 12.5. The van der Waals surface area contributed by atoms with Crippen molar-refractivity contribution >= 4 is 17.6 Å². The first kappa shape index (κ1) is 17.8. The lowest BCUT2D eigenvalue weighted by atomic mass is 9.93. The predicted octanol–water partition coefficient (Wildman–Crippen LogP) is 1.92. The summed E-state index contributed by atoms with van der Waals surface area (Å²) in [6.07, 6.45) is 5.95. The molecule has 2 aliphatic rings. The quantitative estimate of drug-likeness (QED) is 0.860. The zero-order valence-electron chi connectivity index (χ0n) is 15.8. The minimum atomic E-state index is -0.0504. The highest BCUT2D eigenvalue weighted by molar-refractivity contribution is 5.94. The van der Waals surface area contributed by atoms with Gasteiger partial charge in [-0.1, -0.05) is 0 Å². The standard InChI is InChI=1S/C19H26N6O2/c1-12(2)20-19(27)24-9-8-13(10-24)17-23-22-16-7-6-14(11-25(16)17)18(26)21-15-4-3-5-15/h6-7,11-13,15H,3-5,8-10H2,1-2H3,(H,20,27)(H,21,26)/t13-/m0/s1. The van der Waals surface area contributed by atoms with E-state index in [4.69, 9.17) is 0 Å². The molecule has 1 atom stereocenters. The molecule has 0 bridgehead atoms. The molecule has 0 aromatic carbocycles. The lowest BCUT2D eigenvalue weighted by Crippen LogP contribution is -2.41. The lowest BCUT2D eigenvalue weighted by Gasteiger charge is -2.26. The van der Waals surface area contributed by atoms with Crippen molar-refractivity contribution < 1.29 is 9.59 Å². The highest BCUT2D eigenvalue weighted by Gasteiger charge is 2.31. The van der Waals surface area contributed by atoms with Crippen molar-refractivity contribution in [2.75, 3.05) is 13.1 Å². The van der Waals surface area contributed by atoms with Gasteiger partial charge >= 0.3 is 6.03 Å². The number of rotatable bonds is 4. The second-order valence-electron chi connectivity index (χ2n) is 7.84. The van der Waals surface area contributed by atoms with Gasteiger partial charge in [-0.25, -0.2) is 4.79 Å². The molecule has 1 aliphatic carbocycles. The molecule has 0 unspecified atom stereocenters.